The third-order valence-corrected chi connectivity index (χ3v) is 4.12. The number of rotatable bonds is 3. The fraction of sp³-hybridized carbons (Fsp3) is 0.538. The predicted octanol–water partition coefficient (Wildman–Crippen LogP) is 3.13. The van der Waals surface area contributed by atoms with E-state index in [2.05, 4.69) is 21.2 Å². The van der Waals surface area contributed by atoms with E-state index in [1.165, 1.54) is 6.07 Å². The van der Waals surface area contributed by atoms with Gasteiger partial charge in [-0.25, -0.2) is 4.39 Å². The lowest BCUT2D eigenvalue weighted by molar-refractivity contribution is 0.0763. The summed E-state index contributed by atoms with van der Waals surface area (Å²) in [5.74, 6) is -0.113. The van der Waals surface area contributed by atoms with Crippen molar-refractivity contribution >= 4 is 27.3 Å². The number of anilines is 2. The van der Waals surface area contributed by atoms with Crippen LogP contribution in [0.5, 0.6) is 0 Å². The van der Waals surface area contributed by atoms with E-state index in [-0.39, 0.29) is 17.8 Å². The third-order valence-electron chi connectivity index (χ3n) is 3.52. The number of halogens is 2. The highest BCUT2D eigenvalue weighted by molar-refractivity contribution is 9.10. The summed E-state index contributed by atoms with van der Waals surface area (Å²) in [7, 11) is 0. The predicted molar refractivity (Wildman–Crippen MR) is 75.0 cm³/mol. The molecule has 100 valence electrons. The molecule has 0 amide bonds. The third kappa shape index (κ3) is 3.14. The van der Waals surface area contributed by atoms with Gasteiger partial charge >= 0.3 is 0 Å². The van der Waals surface area contributed by atoms with Crippen molar-refractivity contribution in [1.82, 2.24) is 0 Å². The van der Waals surface area contributed by atoms with Gasteiger partial charge in [-0.1, -0.05) is 12.8 Å². The number of nitrogen functional groups attached to an aromatic ring is 1. The van der Waals surface area contributed by atoms with Gasteiger partial charge in [-0.3, -0.25) is 0 Å². The van der Waals surface area contributed by atoms with Crippen molar-refractivity contribution in [2.45, 2.75) is 31.8 Å². The Kier molecular flexibility index (Phi) is 4.45. The van der Waals surface area contributed by atoms with Gasteiger partial charge in [0.1, 0.15) is 5.82 Å². The molecule has 2 rings (SSSR count). The van der Waals surface area contributed by atoms with E-state index in [1.807, 2.05) is 0 Å². The van der Waals surface area contributed by atoms with Gasteiger partial charge in [0.2, 0.25) is 0 Å². The second-order valence-electron chi connectivity index (χ2n) is 4.85. The Hall–Kier alpha value is -0.810. The molecule has 1 aromatic carbocycles. The zero-order valence-corrected chi connectivity index (χ0v) is 11.7. The summed E-state index contributed by atoms with van der Waals surface area (Å²) in [5.41, 5.74) is 6.85. The first-order valence-electron chi connectivity index (χ1n) is 6.24. The van der Waals surface area contributed by atoms with Crippen LogP contribution in [-0.4, -0.2) is 17.8 Å². The van der Waals surface area contributed by atoms with Crippen LogP contribution in [-0.2, 0) is 0 Å². The zero-order valence-electron chi connectivity index (χ0n) is 10.1. The molecule has 0 heterocycles. The molecule has 2 unspecified atom stereocenters. The lowest BCUT2D eigenvalue weighted by Crippen LogP contribution is -2.30. The Morgan fingerprint density at radius 2 is 2.11 bits per heavy atom. The van der Waals surface area contributed by atoms with Gasteiger partial charge in [0, 0.05) is 18.5 Å². The molecule has 0 aliphatic heterocycles. The average molecular weight is 317 g/mol. The molecule has 0 bridgehead atoms. The minimum Gasteiger partial charge on any atom is -0.397 e. The molecule has 3 nitrogen and oxygen atoms in total. The van der Waals surface area contributed by atoms with Gasteiger partial charge in [0.05, 0.1) is 22.0 Å². The van der Waals surface area contributed by atoms with Gasteiger partial charge in [-0.05, 0) is 34.8 Å². The Bertz CT molecular complexity index is 428. The lowest BCUT2D eigenvalue weighted by atomic mass is 9.86. The van der Waals surface area contributed by atoms with Crippen LogP contribution in [0.4, 0.5) is 15.8 Å². The highest BCUT2D eigenvalue weighted by Crippen LogP contribution is 2.29. The first kappa shape index (κ1) is 13.6. The fourth-order valence-electron chi connectivity index (χ4n) is 2.38. The Morgan fingerprint density at radius 1 is 1.39 bits per heavy atom. The lowest BCUT2D eigenvalue weighted by Gasteiger charge is -2.28. The largest absolute Gasteiger partial charge is 0.397 e. The quantitative estimate of drug-likeness (QED) is 0.751. The molecule has 1 aliphatic carbocycles. The molecule has 5 heteroatoms. The smallest absolute Gasteiger partial charge is 0.139 e. The molecular weight excluding hydrogens is 299 g/mol. The molecule has 0 saturated heterocycles. The Balaban J connectivity index is 1.99. The number of nitrogens with one attached hydrogen (secondary N) is 1. The van der Waals surface area contributed by atoms with Crippen LogP contribution in [0.25, 0.3) is 0 Å². The molecule has 1 aliphatic rings. The molecule has 18 heavy (non-hydrogen) atoms. The van der Waals surface area contributed by atoms with Crippen molar-refractivity contribution in [3.63, 3.8) is 0 Å². The van der Waals surface area contributed by atoms with Crippen molar-refractivity contribution in [1.29, 1.82) is 0 Å². The maximum atomic E-state index is 13.2. The molecule has 0 spiro atoms. The molecule has 1 fully saturated rings. The van der Waals surface area contributed by atoms with Gasteiger partial charge in [-0.2, -0.15) is 0 Å². The monoisotopic (exact) mass is 316 g/mol. The first-order valence-corrected chi connectivity index (χ1v) is 7.03. The minimum atomic E-state index is -0.365. The number of benzene rings is 1. The van der Waals surface area contributed by atoms with Crippen LogP contribution < -0.4 is 11.1 Å². The zero-order chi connectivity index (χ0) is 13.1. The molecule has 2 atom stereocenters. The maximum absolute atomic E-state index is 13.2. The normalized spacial score (nSPS) is 23.9. The SMILES string of the molecule is Nc1cc(F)c(Br)cc1NCC1CCCCC1O. The number of aliphatic hydroxyl groups is 1. The standard InChI is InChI=1S/C13H18BrFN2O/c14-9-5-12(11(16)6-10(9)15)17-7-8-3-1-2-4-13(8)18/h5-6,8,13,17-18H,1-4,7,16H2. The summed E-state index contributed by atoms with van der Waals surface area (Å²) in [4.78, 5) is 0. The summed E-state index contributed by atoms with van der Waals surface area (Å²) in [6, 6.07) is 2.93. The van der Waals surface area contributed by atoms with Crippen molar-refractivity contribution in [3.05, 3.63) is 22.4 Å². The van der Waals surface area contributed by atoms with Gasteiger partial charge in [-0.15, -0.1) is 0 Å². The van der Waals surface area contributed by atoms with E-state index in [4.69, 9.17) is 5.73 Å². The van der Waals surface area contributed by atoms with Crippen LogP contribution in [0, 0.1) is 11.7 Å². The Morgan fingerprint density at radius 3 is 2.83 bits per heavy atom. The second kappa shape index (κ2) is 5.89. The van der Waals surface area contributed by atoms with Crippen molar-refractivity contribution in [2.75, 3.05) is 17.6 Å². The topological polar surface area (TPSA) is 58.3 Å². The molecule has 1 saturated carbocycles. The second-order valence-corrected chi connectivity index (χ2v) is 5.70. The molecule has 0 aromatic heterocycles. The van der Waals surface area contributed by atoms with Gasteiger partial charge < -0.3 is 16.2 Å². The summed E-state index contributed by atoms with van der Waals surface area (Å²) < 4.78 is 13.6. The van der Waals surface area contributed by atoms with E-state index < -0.39 is 0 Å². The van der Waals surface area contributed by atoms with E-state index >= 15 is 0 Å². The number of aliphatic hydroxyl groups excluding tert-OH is 1. The van der Waals surface area contributed by atoms with Crippen LogP contribution in [0.3, 0.4) is 0 Å². The molecular formula is C13H18BrFN2O. The summed E-state index contributed by atoms with van der Waals surface area (Å²) >= 11 is 3.14. The Labute approximate surface area is 115 Å². The van der Waals surface area contributed by atoms with Crippen LogP contribution in [0.15, 0.2) is 16.6 Å². The van der Waals surface area contributed by atoms with E-state index in [1.54, 1.807) is 6.07 Å². The number of hydrogen-bond donors (Lipinski definition) is 3. The molecule has 1 aromatic rings. The highest BCUT2D eigenvalue weighted by Gasteiger charge is 2.22. The highest BCUT2D eigenvalue weighted by atomic mass is 79.9. The maximum Gasteiger partial charge on any atom is 0.139 e. The van der Waals surface area contributed by atoms with E-state index in [0.29, 0.717) is 22.4 Å². The van der Waals surface area contributed by atoms with Crippen molar-refractivity contribution < 1.29 is 9.50 Å². The average Bonchev–Trinajstić information content (AvgIpc) is 2.34. The first-order chi connectivity index (χ1) is 8.58. The van der Waals surface area contributed by atoms with Crippen LogP contribution >= 0.6 is 15.9 Å². The minimum absolute atomic E-state index is 0.239. The summed E-state index contributed by atoms with van der Waals surface area (Å²) in [5, 5.41) is 13.1. The number of nitrogens with two attached hydrogens (primary N) is 1. The van der Waals surface area contributed by atoms with Crippen LogP contribution in [0.1, 0.15) is 25.7 Å². The fourth-order valence-corrected chi connectivity index (χ4v) is 2.73. The van der Waals surface area contributed by atoms with Crippen LogP contribution in [0.2, 0.25) is 0 Å². The van der Waals surface area contributed by atoms with Crippen molar-refractivity contribution in [3.8, 4) is 0 Å². The number of hydrogen-bond acceptors (Lipinski definition) is 3. The summed E-state index contributed by atoms with van der Waals surface area (Å²) in [6.07, 6.45) is 3.91. The van der Waals surface area contributed by atoms with E-state index in [9.17, 15) is 9.50 Å². The van der Waals surface area contributed by atoms with Gasteiger partial charge in [0.15, 0.2) is 0 Å². The van der Waals surface area contributed by atoms with Gasteiger partial charge in [0.25, 0.3) is 0 Å². The molecule has 0 radical (unpaired) electrons. The van der Waals surface area contributed by atoms with E-state index in [0.717, 1.165) is 25.7 Å². The van der Waals surface area contributed by atoms with Crippen molar-refractivity contribution in [2.24, 2.45) is 5.92 Å². The summed E-state index contributed by atoms with van der Waals surface area (Å²) in [6.45, 7) is 0.670. The molecule has 4 N–H and O–H groups in total.